The van der Waals surface area contributed by atoms with Crippen LogP contribution in [0.3, 0.4) is 0 Å². The number of rotatable bonds is 8. The molecule has 2 N–H and O–H groups in total. The lowest BCUT2D eigenvalue weighted by molar-refractivity contribution is -0.119. The van der Waals surface area contributed by atoms with E-state index in [4.69, 9.17) is 4.74 Å². The van der Waals surface area contributed by atoms with E-state index in [1.54, 1.807) is 25.4 Å². The fraction of sp³-hybridized carbons (Fsp3) is 0.273. The summed E-state index contributed by atoms with van der Waals surface area (Å²) in [6.45, 7) is 3.58. The average Bonchev–Trinajstić information content (AvgIpc) is 3.15. The summed E-state index contributed by atoms with van der Waals surface area (Å²) in [7, 11) is 1.66. The first-order valence-corrected chi connectivity index (χ1v) is 10.1. The third kappa shape index (κ3) is 5.57. The molecule has 5 nitrogen and oxygen atoms in total. The van der Waals surface area contributed by atoms with E-state index in [2.05, 4.69) is 45.3 Å². The minimum Gasteiger partial charge on any atom is -0.497 e. The molecule has 0 unspecified atom stereocenters. The molecular formula is C22H25N3O2S. The molecule has 0 spiro atoms. The summed E-state index contributed by atoms with van der Waals surface area (Å²) in [6.07, 6.45) is 1.86. The van der Waals surface area contributed by atoms with E-state index in [0.29, 0.717) is 0 Å². The molecule has 6 heteroatoms. The maximum absolute atomic E-state index is 11.1. The van der Waals surface area contributed by atoms with Gasteiger partial charge in [0.1, 0.15) is 5.75 Å². The monoisotopic (exact) mass is 395 g/mol. The number of thiazole rings is 1. The second kappa shape index (κ2) is 9.37. The van der Waals surface area contributed by atoms with Crippen molar-refractivity contribution >= 4 is 28.1 Å². The number of anilines is 2. The zero-order valence-electron chi connectivity index (χ0n) is 16.4. The van der Waals surface area contributed by atoms with Crippen molar-refractivity contribution in [2.75, 3.05) is 12.4 Å². The second-order valence-corrected chi connectivity index (χ2v) is 7.59. The van der Waals surface area contributed by atoms with Crippen LogP contribution < -0.4 is 15.4 Å². The Kier molecular flexibility index (Phi) is 6.66. The Hall–Kier alpha value is -2.86. The molecule has 0 aliphatic heterocycles. The molecule has 1 heterocycles. The van der Waals surface area contributed by atoms with Crippen LogP contribution in [0.15, 0.2) is 53.9 Å². The summed E-state index contributed by atoms with van der Waals surface area (Å²) >= 11 is 1.58. The van der Waals surface area contributed by atoms with Crippen molar-refractivity contribution in [1.29, 1.82) is 0 Å². The lowest BCUT2D eigenvalue weighted by Crippen LogP contribution is -2.30. The average molecular weight is 396 g/mol. The maximum atomic E-state index is 11.1. The van der Waals surface area contributed by atoms with Gasteiger partial charge in [-0.2, -0.15) is 0 Å². The van der Waals surface area contributed by atoms with Crippen LogP contribution in [0.1, 0.15) is 25.8 Å². The number of methoxy groups -OCH3 is 1. The lowest BCUT2D eigenvalue weighted by atomic mass is 10.0. The molecule has 0 saturated carbocycles. The zero-order valence-corrected chi connectivity index (χ0v) is 17.2. The first-order valence-electron chi connectivity index (χ1n) is 9.26. The van der Waals surface area contributed by atoms with E-state index in [9.17, 15) is 4.79 Å². The van der Waals surface area contributed by atoms with Crippen LogP contribution in [0, 0.1) is 0 Å². The molecule has 1 aromatic heterocycles. The fourth-order valence-corrected chi connectivity index (χ4v) is 3.65. The molecule has 1 atom stereocenters. The molecule has 0 saturated heterocycles. The van der Waals surface area contributed by atoms with E-state index in [0.717, 1.165) is 40.7 Å². The maximum Gasteiger partial charge on any atom is 0.217 e. The van der Waals surface area contributed by atoms with Crippen molar-refractivity contribution < 1.29 is 9.53 Å². The van der Waals surface area contributed by atoms with Gasteiger partial charge in [0.25, 0.3) is 0 Å². The molecule has 3 rings (SSSR count). The normalized spacial score (nSPS) is 11.7. The molecule has 1 amide bonds. The van der Waals surface area contributed by atoms with Crippen LogP contribution in [0.25, 0.3) is 11.3 Å². The highest BCUT2D eigenvalue weighted by Gasteiger charge is 2.07. The highest BCUT2D eigenvalue weighted by Crippen LogP contribution is 2.28. The van der Waals surface area contributed by atoms with Gasteiger partial charge in [-0.25, -0.2) is 4.98 Å². The van der Waals surface area contributed by atoms with E-state index >= 15 is 0 Å². The standard InChI is InChI=1S/C22H25N3O2S/c1-15(23-16(2)26)4-5-17-6-8-18(9-7-17)21-14-28-22(25-21)24-19-10-12-20(27-3)13-11-19/h6-15H,4-5H2,1-3H3,(H,23,26)(H,24,25)/t15-/m0/s1. The molecule has 2 aromatic carbocycles. The Morgan fingerprint density at radius 2 is 1.86 bits per heavy atom. The Balaban J connectivity index is 1.59. The number of carbonyl (C=O) groups excluding carboxylic acids is 1. The predicted molar refractivity (Wildman–Crippen MR) is 115 cm³/mol. The van der Waals surface area contributed by atoms with E-state index < -0.39 is 0 Å². The Morgan fingerprint density at radius 3 is 2.50 bits per heavy atom. The van der Waals surface area contributed by atoms with Gasteiger partial charge in [0.2, 0.25) is 5.91 Å². The van der Waals surface area contributed by atoms with E-state index in [1.165, 1.54) is 5.56 Å². The van der Waals surface area contributed by atoms with Crippen molar-refractivity contribution in [3.63, 3.8) is 0 Å². The third-order valence-electron chi connectivity index (χ3n) is 4.41. The van der Waals surface area contributed by atoms with Crippen LogP contribution in [0.4, 0.5) is 10.8 Å². The van der Waals surface area contributed by atoms with Crippen LogP contribution in [-0.4, -0.2) is 24.0 Å². The lowest BCUT2D eigenvalue weighted by Gasteiger charge is -2.12. The summed E-state index contributed by atoms with van der Waals surface area (Å²) in [5, 5.41) is 9.15. The van der Waals surface area contributed by atoms with E-state index in [1.807, 2.05) is 31.2 Å². The molecule has 0 aliphatic rings. The number of benzene rings is 2. The van der Waals surface area contributed by atoms with Gasteiger partial charge in [-0.1, -0.05) is 24.3 Å². The van der Waals surface area contributed by atoms with Gasteiger partial charge in [0, 0.05) is 29.6 Å². The molecule has 0 bridgehead atoms. The van der Waals surface area contributed by atoms with Crippen LogP contribution in [-0.2, 0) is 11.2 Å². The number of nitrogens with zero attached hydrogens (tertiary/aromatic N) is 1. The highest BCUT2D eigenvalue weighted by molar-refractivity contribution is 7.14. The minimum absolute atomic E-state index is 0.0189. The van der Waals surface area contributed by atoms with E-state index in [-0.39, 0.29) is 11.9 Å². The number of aryl methyl sites for hydroxylation is 1. The van der Waals surface area contributed by atoms with Gasteiger partial charge >= 0.3 is 0 Å². The van der Waals surface area contributed by atoms with Crippen LogP contribution >= 0.6 is 11.3 Å². The number of hydrogen-bond donors (Lipinski definition) is 2. The number of nitrogens with one attached hydrogen (secondary N) is 2. The predicted octanol–water partition coefficient (Wildman–Crippen LogP) is 5.02. The Bertz CT molecular complexity index is 904. The molecule has 0 aliphatic carbocycles. The minimum atomic E-state index is 0.0189. The Morgan fingerprint density at radius 1 is 1.14 bits per heavy atom. The van der Waals surface area contributed by atoms with Crippen molar-refractivity contribution in [2.45, 2.75) is 32.7 Å². The van der Waals surface area contributed by atoms with Gasteiger partial charge in [0.15, 0.2) is 5.13 Å². The molecule has 0 radical (unpaired) electrons. The largest absolute Gasteiger partial charge is 0.497 e. The van der Waals surface area contributed by atoms with Crippen molar-refractivity contribution in [1.82, 2.24) is 10.3 Å². The number of ether oxygens (including phenoxy) is 1. The van der Waals surface area contributed by atoms with Crippen LogP contribution in [0.5, 0.6) is 5.75 Å². The summed E-state index contributed by atoms with van der Waals surface area (Å²) in [5.41, 5.74) is 4.29. The number of aromatic nitrogens is 1. The van der Waals surface area contributed by atoms with Gasteiger partial charge in [-0.05, 0) is 49.6 Å². The van der Waals surface area contributed by atoms with Gasteiger partial charge in [-0.3, -0.25) is 4.79 Å². The third-order valence-corrected chi connectivity index (χ3v) is 5.17. The quantitative estimate of drug-likeness (QED) is 0.562. The highest BCUT2D eigenvalue weighted by atomic mass is 32.1. The van der Waals surface area contributed by atoms with Gasteiger partial charge in [0.05, 0.1) is 12.8 Å². The molecule has 146 valence electrons. The molecule has 28 heavy (non-hydrogen) atoms. The summed E-state index contributed by atoms with van der Waals surface area (Å²) in [5.74, 6) is 0.849. The first-order chi connectivity index (χ1) is 13.5. The zero-order chi connectivity index (χ0) is 19.9. The Labute approximate surface area is 169 Å². The SMILES string of the molecule is COc1ccc(Nc2nc(-c3ccc(CC[C@H](C)NC(C)=O)cc3)cs2)cc1. The topological polar surface area (TPSA) is 63.2 Å². The summed E-state index contributed by atoms with van der Waals surface area (Å²) in [4.78, 5) is 15.8. The second-order valence-electron chi connectivity index (χ2n) is 6.73. The van der Waals surface area contributed by atoms with Gasteiger partial charge < -0.3 is 15.4 Å². The fourth-order valence-electron chi connectivity index (χ4n) is 2.91. The summed E-state index contributed by atoms with van der Waals surface area (Å²) < 4.78 is 5.18. The van der Waals surface area contributed by atoms with Crippen LogP contribution in [0.2, 0.25) is 0 Å². The first kappa shape index (κ1) is 19.9. The molecule has 0 fully saturated rings. The van der Waals surface area contributed by atoms with Gasteiger partial charge in [-0.15, -0.1) is 11.3 Å². The van der Waals surface area contributed by atoms with Crippen molar-refractivity contribution in [2.24, 2.45) is 0 Å². The number of carbonyl (C=O) groups is 1. The summed E-state index contributed by atoms with van der Waals surface area (Å²) in [6, 6.07) is 16.4. The van der Waals surface area contributed by atoms with Crippen molar-refractivity contribution in [3.05, 3.63) is 59.5 Å². The number of hydrogen-bond acceptors (Lipinski definition) is 5. The van der Waals surface area contributed by atoms with Crippen molar-refractivity contribution in [3.8, 4) is 17.0 Å². The number of amides is 1. The smallest absolute Gasteiger partial charge is 0.217 e. The molecule has 3 aromatic rings. The molecular weight excluding hydrogens is 370 g/mol.